The Hall–Kier alpha value is -2.50. The van der Waals surface area contributed by atoms with E-state index in [9.17, 15) is 5.26 Å². The largest absolute Gasteiger partial charge is 0.490 e. The third-order valence-electron chi connectivity index (χ3n) is 7.51. The quantitative estimate of drug-likeness (QED) is 0.225. The third-order valence-corrected chi connectivity index (χ3v) is 13.1. The summed E-state index contributed by atoms with van der Waals surface area (Å²) in [4.78, 5) is 5.88. The average Bonchev–Trinajstić information content (AvgIpc) is 3.49. The van der Waals surface area contributed by atoms with Gasteiger partial charge in [0, 0.05) is 31.0 Å². The summed E-state index contributed by atoms with van der Waals surface area (Å²) in [6.07, 6.45) is 4.14. The van der Waals surface area contributed by atoms with Crippen molar-refractivity contribution >= 4 is 19.7 Å². The van der Waals surface area contributed by atoms with Gasteiger partial charge < -0.3 is 14.5 Å². The van der Waals surface area contributed by atoms with Crippen molar-refractivity contribution in [3.8, 4) is 32.8 Å². The van der Waals surface area contributed by atoms with Crippen LogP contribution in [0.3, 0.4) is 0 Å². The van der Waals surface area contributed by atoms with E-state index < -0.39 is 8.32 Å². The van der Waals surface area contributed by atoms with Crippen LogP contribution in [0.4, 0.5) is 0 Å². The van der Waals surface area contributed by atoms with Crippen LogP contribution in [-0.4, -0.2) is 32.6 Å². The van der Waals surface area contributed by atoms with E-state index in [1.165, 1.54) is 16.7 Å². The molecule has 7 heteroatoms. The van der Waals surface area contributed by atoms with E-state index >= 15 is 0 Å². The highest BCUT2D eigenvalue weighted by Crippen LogP contribution is 2.41. The fraction of sp³-hybridized carbons (Fsp3) is 0.467. The second-order valence-electron chi connectivity index (χ2n) is 11.5. The molecule has 0 amide bonds. The maximum absolute atomic E-state index is 9.61. The summed E-state index contributed by atoms with van der Waals surface area (Å²) < 4.78 is 12.1. The van der Waals surface area contributed by atoms with Crippen molar-refractivity contribution in [1.82, 2.24) is 10.3 Å². The lowest BCUT2D eigenvalue weighted by molar-refractivity contribution is 0.242. The van der Waals surface area contributed by atoms with Crippen molar-refractivity contribution in [2.24, 2.45) is 0 Å². The lowest BCUT2D eigenvalue weighted by Crippen LogP contribution is -2.42. The fourth-order valence-electron chi connectivity index (χ4n) is 4.49. The minimum Gasteiger partial charge on any atom is -0.490 e. The molecule has 5 nitrogen and oxygen atoms in total. The lowest BCUT2D eigenvalue weighted by atomic mass is 10.0. The predicted octanol–water partition coefficient (Wildman–Crippen LogP) is 7.73. The van der Waals surface area contributed by atoms with Gasteiger partial charge in [0.25, 0.3) is 0 Å². The Bertz CT molecular complexity index is 1290. The topological polar surface area (TPSA) is 67.2 Å². The molecule has 1 atom stereocenters. The van der Waals surface area contributed by atoms with Crippen LogP contribution in [0.1, 0.15) is 63.8 Å². The SMILES string of the molecule is CC(C)Oc1ccc(-c2ncc(-c3cccc4c3CC[C@H]4NCCO[Si](C)(C)C(C)(C)C)s2)cc1C#N. The summed E-state index contributed by atoms with van der Waals surface area (Å²) in [7, 11) is -1.72. The molecule has 0 bridgehead atoms. The van der Waals surface area contributed by atoms with Gasteiger partial charge in [-0.25, -0.2) is 4.98 Å². The van der Waals surface area contributed by atoms with Crippen LogP contribution in [0.15, 0.2) is 42.6 Å². The molecule has 0 fully saturated rings. The molecule has 3 aromatic rings. The molecule has 0 saturated heterocycles. The van der Waals surface area contributed by atoms with Gasteiger partial charge in [0.1, 0.15) is 16.8 Å². The molecule has 1 heterocycles. The van der Waals surface area contributed by atoms with Crippen molar-refractivity contribution < 1.29 is 9.16 Å². The summed E-state index contributed by atoms with van der Waals surface area (Å²) in [5.74, 6) is 0.618. The standard InChI is InChI=1S/C30H39N3O2SSi/c1-20(2)35-27-14-11-21(17-22(27)18-31)29-33-19-28(36-29)25-10-8-9-24-23(25)12-13-26(24)32-15-16-34-37(6,7)30(3,4)5/h8-11,14,17,19-20,26,32H,12-13,15-16H2,1-7H3/t26-/m1/s1. The summed E-state index contributed by atoms with van der Waals surface area (Å²) in [6, 6.07) is 15.0. The second kappa shape index (κ2) is 11.1. The first-order valence-electron chi connectivity index (χ1n) is 13.2. The van der Waals surface area contributed by atoms with E-state index in [4.69, 9.17) is 14.1 Å². The molecule has 37 heavy (non-hydrogen) atoms. The molecule has 0 unspecified atom stereocenters. The van der Waals surface area contributed by atoms with Gasteiger partial charge in [0.15, 0.2) is 8.32 Å². The predicted molar refractivity (Wildman–Crippen MR) is 156 cm³/mol. The van der Waals surface area contributed by atoms with Crippen molar-refractivity contribution in [3.63, 3.8) is 0 Å². The molecule has 2 aromatic carbocycles. The molecule has 4 rings (SSSR count). The zero-order valence-corrected chi connectivity index (χ0v) is 25.0. The van der Waals surface area contributed by atoms with E-state index in [1.54, 1.807) is 11.3 Å². The summed E-state index contributed by atoms with van der Waals surface area (Å²) >= 11 is 1.67. The number of nitrogens with one attached hydrogen (secondary N) is 1. The van der Waals surface area contributed by atoms with Crippen molar-refractivity contribution in [2.75, 3.05) is 13.2 Å². The lowest BCUT2D eigenvalue weighted by Gasteiger charge is -2.36. The minimum atomic E-state index is -1.72. The number of nitrogens with zero attached hydrogens (tertiary/aromatic N) is 2. The van der Waals surface area contributed by atoms with Gasteiger partial charge in [-0.05, 0) is 79.7 Å². The highest BCUT2D eigenvalue weighted by Gasteiger charge is 2.37. The first kappa shape index (κ1) is 27.5. The number of thiazole rings is 1. The van der Waals surface area contributed by atoms with E-state index in [2.05, 4.69) is 63.5 Å². The van der Waals surface area contributed by atoms with Crippen molar-refractivity contribution in [1.29, 1.82) is 5.26 Å². The van der Waals surface area contributed by atoms with E-state index in [-0.39, 0.29) is 11.1 Å². The van der Waals surface area contributed by atoms with Gasteiger partial charge in [0.05, 0.1) is 16.5 Å². The van der Waals surface area contributed by atoms with E-state index in [0.717, 1.165) is 41.4 Å². The third kappa shape index (κ3) is 6.15. The Morgan fingerprint density at radius 3 is 2.70 bits per heavy atom. The smallest absolute Gasteiger partial charge is 0.192 e. The minimum absolute atomic E-state index is 0.0209. The Balaban J connectivity index is 1.47. The van der Waals surface area contributed by atoms with Crippen LogP contribution < -0.4 is 10.1 Å². The first-order valence-corrected chi connectivity index (χ1v) is 16.9. The van der Waals surface area contributed by atoms with Gasteiger partial charge in [0.2, 0.25) is 0 Å². The Labute approximate surface area is 227 Å². The zero-order valence-electron chi connectivity index (χ0n) is 23.1. The fourth-order valence-corrected chi connectivity index (χ4v) is 6.50. The number of fused-ring (bicyclic) bond motifs is 1. The number of nitriles is 1. The Morgan fingerprint density at radius 1 is 1.22 bits per heavy atom. The molecule has 1 N–H and O–H groups in total. The highest BCUT2D eigenvalue weighted by atomic mass is 32.1. The summed E-state index contributed by atoms with van der Waals surface area (Å²) in [5.41, 5.74) is 5.55. The molecule has 0 spiro atoms. The highest BCUT2D eigenvalue weighted by molar-refractivity contribution is 7.18. The molecule has 196 valence electrons. The zero-order chi connectivity index (χ0) is 26.8. The maximum Gasteiger partial charge on any atom is 0.192 e. The molecular formula is C30H39N3O2SSi. The van der Waals surface area contributed by atoms with Crippen molar-refractivity contribution in [2.45, 2.75) is 77.7 Å². The molecule has 1 aliphatic rings. The van der Waals surface area contributed by atoms with Crippen LogP contribution in [0.25, 0.3) is 21.0 Å². The van der Waals surface area contributed by atoms with E-state index in [1.807, 2.05) is 38.2 Å². The molecule has 1 aliphatic carbocycles. The van der Waals surface area contributed by atoms with Gasteiger partial charge in [-0.3, -0.25) is 0 Å². The van der Waals surface area contributed by atoms with Crippen LogP contribution >= 0.6 is 11.3 Å². The van der Waals surface area contributed by atoms with Gasteiger partial charge >= 0.3 is 0 Å². The molecular weight excluding hydrogens is 495 g/mol. The second-order valence-corrected chi connectivity index (χ2v) is 17.4. The molecule has 0 saturated carbocycles. The molecule has 0 radical (unpaired) electrons. The molecule has 0 aliphatic heterocycles. The monoisotopic (exact) mass is 533 g/mol. The number of hydrogen-bond donors (Lipinski definition) is 1. The number of rotatable bonds is 9. The van der Waals surface area contributed by atoms with Gasteiger partial charge in [-0.15, -0.1) is 11.3 Å². The van der Waals surface area contributed by atoms with Crippen LogP contribution in [0, 0.1) is 11.3 Å². The van der Waals surface area contributed by atoms with Gasteiger partial charge in [-0.1, -0.05) is 39.0 Å². The van der Waals surface area contributed by atoms with Crippen LogP contribution in [-0.2, 0) is 10.8 Å². The van der Waals surface area contributed by atoms with Crippen molar-refractivity contribution in [3.05, 3.63) is 59.3 Å². The van der Waals surface area contributed by atoms with Gasteiger partial charge in [-0.2, -0.15) is 5.26 Å². The Morgan fingerprint density at radius 2 is 2.00 bits per heavy atom. The average molecular weight is 534 g/mol. The van der Waals surface area contributed by atoms with Crippen LogP contribution in [0.2, 0.25) is 18.1 Å². The molecule has 1 aromatic heterocycles. The number of ether oxygens (including phenoxy) is 1. The summed E-state index contributed by atoms with van der Waals surface area (Å²) in [6.45, 7) is 17.0. The number of hydrogen-bond acceptors (Lipinski definition) is 6. The Kier molecular flexibility index (Phi) is 8.25. The number of aromatic nitrogens is 1. The van der Waals surface area contributed by atoms with Crippen LogP contribution in [0.5, 0.6) is 5.75 Å². The maximum atomic E-state index is 9.61. The first-order chi connectivity index (χ1) is 17.5. The summed E-state index contributed by atoms with van der Waals surface area (Å²) in [5, 5.41) is 14.5. The number of benzene rings is 2. The van der Waals surface area contributed by atoms with E-state index in [0.29, 0.717) is 17.4 Å². The normalized spacial score (nSPS) is 15.6.